The minimum absolute atomic E-state index is 0.0397. The predicted octanol–water partition coefficient (Wildman–Crippen LogP) is 9.87. The Bertz CT molecular complexity index is 1840. The van der Waals surface area contributed by atoms with Crippen LogP contribution in [0.5, 0.6) is 17.2 Å². The summed E-state index contributed by atoms with van der Waals surface area (Å²) in [5.41, 5.74) is 3.85. The molecule has 264 valence electrons. The number of quaternary nitrogens is 1. The van der Waals surface area contributed by atoms with Crippen LogP contribution in [0.3, 0.4) is 0 Å². The van der Waals surface area contributed by atoms with Gasteiger partial charge in [-0.2, -0.15) is 9.80 Å². The molecule has 9 nitrogen and oxygen atoms in total. The van der Waals surface area contributed by atoms with Crippen molar-refractivity contribution >= 4 is 35.2 Å². The summed E-state index contributed by atoms with van der Waals surface area (Å²) >= 11 is 0. The van der Waals surface area contributed by atoms with Crippen LogP contribution in [0.15, 0.2) is 18.2 Å². The lowest BCUT2D eigenvalue weighted by molar-refractivity contribution is 0.193. The van der Waals surface area contributed by atoms with Gasteiger partial charge in [-0.3, -0.25) is 0 Å². The van der Waals surface area contributed by atoms with Gasteiger partial charge < -0.3 is 15.3 Å². The van der Waals surface area contributed by atoms with Gasteiger partial charge in [0, 0.05) is 22.3 Å². The summed E-state index contributed by atoms with van der Waals surface area (Å²) < 4.78 is -1.03. The number of imide groups is 3. The zero-order valence-corrected chi connectivity index (χ0v) is 32.1. The van der Waals surface area contributed by atoms with E-state index in [0.717, 1.165) is 9.80 Å². The molecule has 0 bridgehead atoms. The molecule has 0 aliphatic carbocycles. The number of aryl methyl sites for hydroxylation is 3. The van der Waals surface area contributed by atoms with E-state index in [2.05, 4.69) is 0 Å². The molecule has 0 atom stereocenters. The second kappa shape index (κ2) is 11.6. The highest BCUT2D eigenvalue weighted by Crippen LogP contribution is 2.49. The number of carbonyl (C=O) groups is 3. The van der Waals surface area contributed by atoms with Crippen LogP contribution in [0.4, 0.5) is 31.4 Å². The second-order valence-electron chi connectivity index (χ2n) is 17.0. The molecule has 1 saturated heterocycles. The number of hydrogen-bond donors (Lipinski definition) is 3. The van der Waals surface area contributed by atoms with E-state index in [4.69, 9.17) is 0 Å². The summed E-state index contributed by atoms with van der Waals surface area (Å²) in [6.45, 7) is 28.0. The minimum Gasteiger partial charge on any atom is -0.507 e. The molecule has 6 amide bonds. The summed E-state index contributed by atoms with van der Waals surface area (Å²) in [5.74, 6) is -0.141. The molecule has 1 aliphatic heterocycles. The fourth-order valence-corrected chi connectivity index (χ4v) is 7.30. The maximum atomic E-state index is 15.1. The fraction of sp³-hybridized carbons (Fsp3) is 0.475. The van der Waals surface area contributed by atoms with Gasteiger partial charge in [-0.15, -0.1) is 4.48 Å². The van der Waals surface area contributed by atoms with Crippen molar-refractivity contribution in [2.75, 3.05) is 16.8 Å². The molecular formula is C40H54N3O6+. The van der Waals surface area contributed by atoms with Crippen molar-refractivity contribution in [3.63, 3.8) is 0 Å². The molecule has 0 spiro atoms. The number of carbonyl (C=O) groups excluding carboxylic acids is 3. The number of nitrogens with zero attached hydrogens (tertiary/aromatic N) is 3. The molecule has 3 N–H and O–H groups in total. The van der Waals surface area contributed by atoms with Gasteiger partial charge in [0.05, 0.1) is 24.0 Å². The Morgan fingerprint density at radius 2 is 0.796 bits per heavy atom. The molecule has 9 heteroatoms. The average Bonchev–Trinajstić information content (AvgIpc) is 2.95. The third-order valence-corrected chi connectivity index (χ3v) is 9.95. The van der Waals surface area contributed by atoms with Gasteiger partial charge in [0.1, 0.15) is 17.2 Å². The van der Waals surface area contributed by atoms with E-state index in [-0.39, 0.29) is 34.3 Å². The van der Waals surface area contributed by atoms with Gasteiger partial charge in [0.25, 0.3) is 0 Å². The first-order chi connectivity index (χ1) is 22.1. The van der Waals surface area contributed by atoms with E-state index in [1.807, 2.05) is 62.3 Å². The summed E-state index contributed by atoms with van der Waals surface area (Å²) in [7, 11) is 1.44. The SMILES string of the molecule is Cc1cc(C(C)(C)C)c(O)c(C)c1N1C(=O)N(c2c(C)cc(C(C)(C)C)c(O)c2C)C(=O)[N+](C)(c2c(C)cc(C(C)(C)C)c(O)c2C)C1=O. The van der Waals surface area contributed by atoms with Crippen molar-refractivity contribution in [2.45, 2.75) is 120 Å². The normalized spacial score (nSPS) is 15.8. The highest BCUT2D eigenvalue weighted by Gasteiger charge is 2.61. The average molecular weight is 673 g/mol. The van der Waals surface area contributed by atoms with Crippen molar-refractivity contribution in [3.05, 3.63) is 68.3 Å². The van der Waals surface area contributed by atoms with Gasteiger partial charge in [0.2, 0.25) is 0 Å². The minimum atomic E-state index is -1.03. The van der Waals surface area contributed by atoms with Crippen LogP contribution in [0.1, 0.15) is 112 Å². The molecule has 1 fully saturated rings. The number of amides is 6. The Balaban J connectivity index is 2.18. The summed E-state index contributed by atoms with van der Waals surface area (Å²) in [6, 6.07) is 2.67. The molecule has 3 aromatic carbocycles. The van der Waals surface area contributed by atoms with Crippen molar-refractivity contribution in [1.29, 1.82) is 0 Å². The van der Waals surface area contributed by atoms with E-state index in [1.54, 1.807) is 59.7 Å². The van der Waals surface area contributed by atoms with Gasteiger partial charge in [-0.05, 0) is 98.2 Å². The zero-order chi connectivity index (χ0) is 37.7. The maximum Gasteiger partial charge on any atom is 0.446 e. The van der Waals surface area contributed by atoms with E-state index in [1.165, 1.54) is 7.05 Å². The number of benzene rings is 3. The van der Waals surface area contributed by atoms with Crippen LogP contribution >= 0.6 is 0 Å². The van der Waals surface area contributed by atoms with Crippen molar-refractivity contribution in [1.82, 2.24) is 4.48 Å². The quantitative estimate of drug-likeness (QED) is 0.238. The number of rotatable bonds is 3. The summed E-state index contributed by atoms with van der Waals surface area (Å²) in [6.07, 6.45) is 0. The lowest BCUT2D eigenvalue weighted by Gasteiger charge is -2.43. The van der Waals surface area contributed by atoms with Gasteiger partial charge in [0.15, 0.2) is 5.69 Å². The smallest absolute Gasteiger partial charge is 0.446 e. The third kappa shape index (κ3) is 5.66. The van der Waals surface area contributed by atoms with Crippen molar-refractivity contribution < 1.29 is 29.7 Å². The lowest BCUT2D eigenvalue weighted by atomic mass is 9.83. The molecule has 3 aromatic rings. The Morgan fingerprint density at radius 3 is 1.10 bits per heavy atom. The molecule has 0 saturated carbocycles. The van der Waals surface area contributed by atoms with Crippen LogP contribution in [0.2, 0.25) is 0 Å². The maximum absolute atomic E-state index is 15.1. The van der Waals surface area contributed by atoms with E-state index in [0.29, 0.717) is 50.1 Å². The highest BCUT2D eigenvalue weighted by molar-refractivity contribution is 6.39. The fourth-order valence-electron chi connectivity index (χ4n) is 7.30. The topological polar surface area (TPSA) is 118 Å². The molecule has 1 heterocycles. The zero-order valence-electron chi connectivity index (χ0n) is 32.1. The van der Waals surface area contributed by atoms with Gasteiger partial charge in [-0.25, -0.2) is 14.4 Å². The van der Waals surface area contributed by atoms with Crippen LogP contribution in [0, 0.1) is 41.5 Å². The monoisotopic (exact) mass is 672 g/mol. The van der Waals surface area contributed by atoms with E-state index >= 15 is 9.59 Å². The predicted molar refractivity (Wildman–Crippen MR) is 198 cm³/mol. The van der Waals surface area contributed by atoms with Gasteiger partial charge >= 0.3 is 18.1 Å². The van der Waals surface area contributed by atoms with Gasteiger partial charge in [-0.1, -0.05) is 62.3 Å². The molecule has 0 unspecified atom stereocenters. The van der Waals surface area contributed by atoms with E-state index in [9.17, 15) is 20.1 Å². The number of aromatic hydroxyl groups is 3. The summed E-state index contributed by atoms with van der Waals surface area (Å²) in [5, 5.41) is 34.5. The molecule has 49 heavy (non-hydrogen) atoms. The van der Waals surface area contributed by atoms with Crippen LogP contribution < -0.4 is 14.3 Å². The Kier molecular flexibility index (Phi) is 8.88. The highest BCUT2D eigenvalue weighted by atomic mass is 16.3. The third-order valence-electron chi connectivity index (χ3n) is 9.95. The Morgan fingerprint density at radius 1 is 0.510 bits per heavy atom. The van der Waals surface area contributed by atoms with E-state index < -0.39 is 38.8 Å². The largest absolute Gasteiger partial charge is 0.507 e. The molecule has 0 radical (unpaired) electrons. The van der Waals surface area contributed by atoms with Crippen LogP contribution in [-0.2, 0) is 16.2 Å². The first-order valence-electron chi connectivity index (χ1n) is 16.7. The second-order valence-corrected chi connectivity index (χ2v) is 17.0. The Hall–Kier alpha value is -4.37. The number of anilines is 2. The number of phenolic OH excluding ortho intramolecular Hbond substituents is 3. The molecular weight excluding hydrogens is 618 g/mol. The van der Waals surface area contributed by atoms with Crippen molar-refractivity contribution in [2.24, 2.45) is 0 Å². The standard InChI is InChI=1S/C40H53N3O6/c1-20-17-26(38(7,8)9)32(44)23(4)29(20)41-35(47)42(30-21(2)18-27(39(10,11)12)33(45)24(30)5)37(49)43(16,36(41)48)31-22(3)19-28(40(13,14)15)34(46)25(31)6/h17-19H,1-16H3,(H2-,44,45,46)/p+1. The Labute approximate surface area is 291 Å². The molecule has 1 aliphatic rings. The first-order valence-corrected chi connectivity index (χ1v) is 16.7. The lowest BCUT2D eigenvalue weighted by Crippen LogP contribution is -2.74. The van der Waals surface area contributed by atoms with Crippen molar-refractivity contribution in [3.8, 4) is 17.2 Å². The van der Waals surface area contributed by atoms with Crippen LogP contribution in [0.25, 0.3) is 0 Å². The number of hydrogen-bond acceptors (Lipinski definition) is 6. The first kappa shape index (κ1) is 37.4. The van der Waals surface area contributed by atoms with Crippen LogP contribution in [-0.4, -0.2) is 40.5 Å². The molecule has 0 aromatic heterocycles. The number of urea groups is 3. The molecule has 4 rings (SSSR count). The number of phenols is 3. The summed E-state index contributed by atoms with van der Waals surface area (Å²) in [4.78, 5) is 47.0.